The Bertz CT molecular complexity index is 905. The largest absolute Gasteiger partial charge is 0.385 e. The van der Waals surface area contributed by atoms with Crippen LogP contribution in [0.4, 0.5) is 10.1 Å². The molecule has 0 aliphatic carbocycles. The van der Waals surface area contributed by atoms with Gasteiger partial charge in [-0.1, -0.05) is 11.6 Å². The molecule has 6 nitrogen and oxygen atoms in total. The van der Waals surface area contributed by atoms with Crippen LogP contribution >= 0.6 is 23.5 Å². The third-order valence-corrected chi connectivity index (χ3v) is 5.73. The van der Waals surface area contributed by atoms with Crippen LogP contribution in [0.2, 0.25) is 5.02 Å². The van der Waals surface area contributed by atoms with Crippen molar-refractivity contribution in [2.24, 2.45) is 0 Å². The second-order valence-electron chi connectivity index (χ2n) is 5.88. The molecule has 3 rings (SSSR count). The fourth-order valence-electron chi connectivity index (χ4n) is 2.85. The lowest BCUT2D eigenvalue weighted by Crippen LogP contribution is -2.36. The standard InChI is InChI=1S/C17H17ClFN5OS/c1-21-15-10-22-24(17(25)16(15)18)12-4-6-23(7-5-12)26-13-3-2-11(9-20)14(19)8-13/h2-3,8,10,12,21H,4-7H2,1H3. The molecule has 1 N–H and O–H groups in total. The maximum Gasteiger partial charge on any atom is 0.287 e. The van der Waals surface area contributed by atoms with Crippen LogP contribution in [0, 0.1) is 17.1 Å². The molecule has 9 heteroatoms. The number of piperidine rings is 1. The summed E-state index contributed by atoms with van der Waals surface area (Å²) in [7, 11) is 1.69. The fraction of sp³-hybridized carbons (Fsp3) is 0.353. The Morgan fingerprint density at radius 3 is 2.77 bits per heavy atom. The molecule has 0 unspecified atom stereocenters. The summed E-state index contributed by atoms with van der Waals surface area (Å²) in [5, 5.41) is 16.0. The van der Waals surface area contributed by atoms with E-state index < -0.39 is 5.82 Å². The van der Waals surface area contributed by atoms with Gasteiger partial charge in [0.15, 0.2) is 0 Å². The molecule has 2 heterocycles. The molecule has 0 saturated carbocycles. The number of anilines is 1. The van der Waals surface area contributed by atoms with Gasteiger partial charge < -0.3 is 5.32 Å². The molecule has 0 spiro atoms. The molecule has 2 aromatic rings. The molecule has 1 aliphatic heterocycles. The summed E-state index contributed by atoms with van der Waals surface area (Å²) in [4.78, 5) is 13.1. The van der Waals surface area contributed by atoms with E-state index in [4.69, 9.17) is 16.9 Å². The van der Waals surface area contributed by atoms with E-state index in [0.29, 0.717) is 5.69 Å². The molecule has 136 valence electrons. The van der Waals surface area contributed by atoms with Crippen LogP contribution < -0.4 is 10.9 Å². The predicted molar refractivity (Wildman–Crippen MR) is 99.9 cm³/mol. The minimum atomic E-state index is -0.512. The van der Waals surface area contributed by atoms with Gasteiger partial charge in [-0.2, -0.15) is 10.4 Å². The molecule has 0 atom stereocenters. The summed E-state index contributed by atoms with van der Waals surface area (Å²) < 4.78 is 17.3. The van der Waals surface area contributed by atoms with Gasteiger partial charge >= 0.3 is 0 Å². The van der Waals surface area contributed by atoms with E-state index >= 15 is 0 Å². The van der Waals surface area contributed by atoms with Crippen LogP contribution in [-0.2, 0) is 0 Å². The lowest BCUT2D eigenvalue weighted by Gasteiger charge is -2.31. The summed E-state index contributed by atoms with van der Waals surface area (Å²) in [6.45, 7) is 1.47. The predicted octanol–water partition coefficient (Wildman–Crippen LogP) is 3.29. The van der Waals surface area contributed by atoms with Gasteiger partial charge in [-0.3, -0.25) is 4.79 Å². The van der Waals surface area contributed by atoms with Crippen LogP contribution in [0.15, 0.2) is 34.1 Å². The summed E-state index contributed by atoms with van der Waals surface area (Å²) in [6, 6.07) is 6.40. The Balaban J connectivity index is 1.65. The van der Waals surface area contributed by atoms with Gasteiger partial charge in [0, 0.05) is 25.0 Å². The Hall–Kier alpha value is -2.08. The Morgan fingerprint density at radius 1 is 1.42 bits per heavy atom. The molecule has 1 aromatic carbocycles. The molecule has 1 aliphatic rings. The zero-order valence-electron chi connectivity index (χ0n) is 14.1. The average Bonchev–Trinajstić information content (AvgIpc) is 2.65. The maximum absolute atomic E-state index is 13.7. The van der Waals surface area contributed by atoms with Crippen molar-refractivity contribution in [2.45, 2.75) is 23.8 Å². The minimum absolute atomic E-state index is 0.0135. The molecule has 0 bridgehead atoms. The first-order valence-electron chi connectivity index (χ1n) is 8.11. The van der Waals surface area contributed by atoms with E-state index in [-0.39, 0.29) is 22.2 Å². The van der Waals surface area contributed by atoms with Gasteiger partial charge in [0.25, 0.3) is 5.56 Å². The number of hydrogen-bond acceptors (Lipinski definition) is 6. The van der Waals surface area contributed by atoms with Gasteiger partial charge in [-0.05, 0) is 43.0 Å². The van der Waals surface area contributed by atoms with Crippen LogP contribution in [0.1, 0.15) is 24.4 Å². The van der Waals surface area contributed by atoms with Crippen molar-refractivity contribution in [1.82, 2.24) is 14.1 Å². The summed E-state index contributed by atoms with van der Waals surface area (Å²) in [5.41, 5.74) is 0.267. The van der Waals surface area contributed by atoms with Gasteiger partial charge in [0.05, 0.1) is 23.5 Å². The number of aromatic nitrogens is 2. The molecule has 0 radical (unpaired) electrons. The monoisotopic (exact) mass is 393 g/mol. The smallest absolute Gasteiger partial charge is 0.287 e. The van der Waals surface area contributed by atoms with Crippen molar-refractivity contribution in [3.63, 3.8) is 0 Å². The van der Waals surface area contributed by atoms with E-state index in [9.17, 15) is 9.18 Å². The molecule has 0 amide bonds. The maximum atomic E-state index is 13.7. The molecular formula is C17H17ClFN5OS. The highest BCUT2D eigenvalue weighted by Gasteiger charge is 2.24. The Kier molecular flexibility index (Phi) is 5.81. The van der Waals surface area contributed by atoms with Gasteiger partial charge in [0.1, 0.15) is 16.9 Å². The lowest BCUT2D eigenvalue weighted by molar-refractivity contribution is 0.269. The highest BCUT2D eigenvalue weighted by molar-refractivity contribution is 7.97. The Morgan fingerprint density at radius 2 is 2.15 bits per heavy atom. The zero-order valence-corrected chi connectivity index (χ0v) is 15.6. The van der Waals surface area contributed by atoms with E-state index in [2.05, 4.69) is 14.7 Å². The molecular weight excluding hydrogens is 377 g/mol. The van der Waals surface area contributed by atoms with Crippen LogP contribution in [-0.4, -0.2) is 34.2 Å². The summed E-state index contributed by atoms with van der Waals surface area (Å²) in [6.07, 6.45) is 3.05. The third kappa shape index (κ3) is 3.85. The second-order valence-corrected chi connectivity index (χ2v) is 7.43. The fourth-order valence-corrected chi connectivity index (χ4v) is 4.06. The number of hydrogen-bond donors (Lipinski definition) is 1. The molecule has 26 heavy (non-hydrogen) atoms. The van der Waals surface area contributed by atoms with Crippen molar-refractivity contribution < 1.29 is 4.39 Å². The van der Waals surface area contributed by atoms with Gasteiger partial charge in [-0.25, -0.2) is 13.4 Å². The van der Waals surface area contributed by atoms with Crippen molar-refractivity contribution in [2.75, 3.05) is 25.5 Å². The van der Waals surface area contributed by atoms with Crippen LogP contribution in [0.3, 0.4) is 0 Å². The minimum Gasteiger partial charge on any atom is -0.385 e. The first kappa shape index (κ1) is 18.7. The van der Waals surface area contributed by atoms with E-state index in [1.165, 1.54) is 28.8 Å². The number of benzene rings is 1. The molecule has 1 aromatic heterocycles. The number of nitriles is 1. The highest BCUT2D eigenvalue weighted by Crippen LogP contribution is 2.30. The molecule has 1 saturated heterocycles. The van der Waals surface area contributed by atoms with Crippen molar-refractivity contribution in [3.05, 3.63) is 51.2 Å². The van der Waals surface area contributed by atoms with Crippen molar-refractivity contribution in [3.8, 4) is 6.07 Å². The lowest BCUT2D eigenvalue weighted by atomic mass is 10.1. The first-order valence-corrected chi connectivity index (χ1v) is 9.26. The third-order valence-electron chi connectivity index (χ3n) is 4.28. The van der Waals surface area contributed by atoms with E-state index in [1.807, 2.05) is 6.07 Å². The highest BCUT2D eigenvalue weighted by atomic mass is 35.5. The second kappa shape index (κ2) is 8.08. The summed E-state index contributed by atoms with van der Waals surface area (Å²) >= 11 is 7.53. The van der Waals surface area contributed by atoms with E-state index in [0.717, 1.165) is 30.8 Å². The SMILES string of the molecule is CNc1cnn(C2CCN(Sc3ccc(C#N)c(F)c3)CC2)c(=O)c1Cl. The Labute approximate surface area is 159 Å². The summed E-state index contributed by atoms with van der Waals surface area (Å²) in [5.74, 6) is -0.512. The number of halogens is 2. The molecule has 1 fully saturated rings. The number of rotatable bonds is 4. The number of nitrogens with zero attached hydrogens (tertiary/aromatic N) is 4. The van der Waals surface area contributed by atoms with Crippen LogP contribution in [0.25, 0.3) is 0 Å². The quantitative estimate of drug-likeness (QED) is 0.803. The topological polar surface area (TPSA) is 74.0 Å². The van der Waals surface area contributed by atoms with Crippen molar-refractivity contribution >= 4 is 29.2 Å². The van der Waals surface area contributed by atoms with Gasteiger partial charge in [0.2, 0.25) is 0 Å². The number of nitrogens with one attached hydrogen (secondary N) is 1. The first-order chi connectivity index (χ1) is 12.5. The van der Waals surface area contributed by atoms with Crippen molar-refractivity contribution in [1.29, 1.82) is 5.26 Å². The van der Waals surface area contributed by atoms with Crippen LogP contribution in [0.5, 0.6) is 0 Å². The normalized spacial score (nSPS) is 15.6. The van der Waals surface area contributed by atoms with Gasteiger partial charge in [-0.15, -0.1) is 0 Å². The zero-order chi connectivity index (χ0) is 18.7. The average molecular weight is 394 g/mol. The van der Waals surface area contributed by atoms with E-state index in [1.54, 1.807) is 19.3 Å².